The Morgan fingerprint density at radius 1 is 1.12 bits per heavy atom. The lowest BCUT2D eigenvalue weighted by Gasteiger charge is -2.28. The van der Waals surface area contributed by atoms with Gasteiger partial charge >= 0.3 is 0 Å². The Morgan fingerprint density at radius 2 is 1.88 bits per heavy atom. The normalized spacial score (nSPS) is 21.5. The van der Waals surface area contributed by atoms with Crippen molar-refractivity contribution in [3.8, 4) is 5.69 Å². The molecule has 3 heterocycles. The summed E-state index contributed by atoms with van der Waals surface area (Å²) in [5.41, 5.74) is 1.35. The number of para-hydroxylation sites is 1. The van der Waals surface area contributed by atoms with Crippen LogP contribution in [0.2, 0.25) is 0 Å². The second-order valence-electron chi connectivity index (χ2n) is 7.72. The minimum absolute atomic E-state index is 0.151. The van der Waals surface area contributed by atoms with Crippen LogP contribution in [0, 0.1) is 0 Å². The summed E-state index contributed by atoms with van der Waals surface area (Å²) >= 11 is 0. The summed E-state index contributed by atoms with van der Waals surface area (Å²) in [5, 5.41) is 8.98. The maximum Gasteiger partial charge on any atom is 0.168 e. The van der Waals surface area contributed by atoms with Gasteiger partial charge in [0.05, 0.1) is 34.5 Å². The molecule has 0 amide bonds. The highest BCUT2D eigenvalue weighted by atomic mass is 16.5. The van der Waals surface area contributed by atoms with Gasteiger partial charge in [-0.2, -0.15) is 5.10 Å². The van der Waals surface area contributed by atoms with E-state index < -0.39 is 0 Å². The zero-order chi connectivity index (χ0) is 17.7. The molecule has 3 aromatic rings. The van der Waals surface area contributed by atoms with Crippen LogP contribution in [0.15, 0.2) is 42.9 Å². The van der Waals surface area contributed by atoms with Crippen molar-refractivity contribution in [1.29, 1.82) is 0 Å². The predicted molar refractivity (Wildman–Crippen MR) is 97.9 cm³/mol. The van der Waals surface area contributed by atoms with Crippen LogP contribution in [0.1, 0.15) is 34.1 Å². The summed E-state index contributed by atoms with van der Waals surface area (Å²) in [7, 11) is 0. The van der Waals surface area contributed by atoms with E-state index in [1.54, 1.807) is 6.33 Å². The molecule has 1 unspecified atom stereocenters. The number of aromatic nitrogens is 4. The number of hydrogen-bond acceptors (Lipinski definition) is 5. The molecule has 1 aliphatic rings. The lowest BCUT2D eigenvalue weighted by molar-refractivity contribution is -0.0662. The van der Waals surface area contributed by atoms with Crippen molar-refractivity contribution in [2.75, 3.05) is 5.32 Å². The van der Waals surface area contributed by atoms with Crippen LogP contribution < -0.4 is 5.32 Å². The fourth-order valence-electron chi connectivity index (χ4n) is 3.67. The van der Waals surface area contributed by atoms with Gasteiger partial charge in [-0.25, -0.2) is 14.6 Å². The zero-order valence-electron chi connectivity index (χ0n) is 15.0. The van der Waals surface area contributed by atoms with E-state index in [-0.39, 0.29) is 17.2 Å². The largest absolute Gasteiger partial charge is 0.367 e. The number of fused-ring (bicyclic) bond motifs is 1. The van der Waals surface area contributed by atoms with Gasteiger partial charge in [-0.05, 0) is 46.2 Å². The Morgan fingerprint density at radius 3 is 2.56 bits per heavy atom. The molecule has 0 bridgehead atoms. The van der Waals surface area contributed by atoms with E-state index in [1.165, 1.54) is 0 Å². The molecule has 1 atom stereocenters. The molecule has 0 spiro atoms. The molecule has 2 aromatic heterocycles. The van der Waals surface area contributed by atoms with E-state index in [0.29, 0.717) is 0 Å². The Hall–Kier alpha value is -2.47. The summed E-state index contributed by atoms with van der Waals surface area (Å²) in [4.78, 5) is 8.90. The first-order chi connectivity index (χ1) is 11.9. The number of benzene rings is 1. The summed E-state index contributed by atoms with van der Waals surface area (Å²) in [6.45, 7) is 8.48. The molecule has 6 nitrogen and oxygen atoms in total. The molecular formula is C19H23N5O. The maximum absolute atomic E-state index is 6.18. The maximum atomic E-state index is 6.18. The topological polar surface area (TPSA) is 64.9 Å². The third-order valence-corrected chi connectivity index (χ3v) is 4.75. The van der Waals surface area contributed by atoms with Crippen LogP contribution in [-0.4, -0.2) is 37.0 Å². The lowest BCUT2D eigenvalue weighted by atomic mass is 9.94. The first-order valence-electron chi connectivity index (χ1n) is 8.57. The minimum Gasteiger partial charge on any atom is -0.367 e. The van der Waals surface area contributed by atoms with Gasteiger partial charge in [0.1, 0.15) is 12.1 Å². The highest BCUT2D eigenvalue weighted by Gasteiger charge is 2.46. The van der Waals surface area contributed by atoms with Crippen molar-refractivity contribution < 1.29 is 4.74 Å². The third-order valence-electron chi connectivity index (χ3n) is 4.75. The van der Waals surface area contributed by atoms with Crippen LogP contribution in [0.25, 0.3) is 16.7 Å². The van der Waals surface area contributed by atoms with Crippen LogP contribution in [-0.2, 0) is 4.74 Å². The molecule has 1 saturated heterocycles. The van der Waals surface area contributed by atoms with Gasteiger partial charge in [0.15, 0.2) is 5.65 Å². The molecule has 25 heavy (non-hydrogen) atoms. The van der Waals surface area contributed by atoms with Crippen molar-refractivity contribution in [2.24, 2.45) is 0 Å². The van der Waals surface area contributed by atoms with Gasteiger partial charge in [-0.3, -0.25) is 0 Å². The molecule has 1 aromatic carbocycles. The predicted octanol–water partition coefficient (Wildman–Crippen LogP) is 3.57. The van der Waals surface area contributed by atoms with E-state index in [9.17, 15) is 0 Å². The Labute approximate surface area is 147 Å². The molecule has 1 fully saturated rings. The van der Waals surface area contributed by atoms with Crippen LogP contribution in [0.5, 0.6) is 0 Å². The van der Waals surface area contributed by atoms with E-state index >= 15 is 0 Å². The van der Waals surface area contributed by atoms with E-state index in [2.05, 4.69) is 48.1 Å². The van der Waals surface area contributed by atoms with Gasteiger partial charge in [0, 0.05) is 0 Å². The van der Waals surface area contributed by atoms with Gasteiger partial charge in [-0.1, -0.05) is 18.2 Å². The number of hydrogen-bond donors (Lipinski definition) is 1. The average molecular weight is 337 g/mol. The summed E-state index contributed by atoms with van der Waals surface area (Å²) in [6, 6.07) is 10.2. The first kappa shape index (κ1) is 16.0. The van der Waals surface area contributed by atoms with E-state index in [4.69, 9.17) is 4.74 Å². The molecule has 130 valence electrons. The van der Waals surface area contributed by atoms with Crippen molar-refractivity contribution in [3.05, 3.63) is 42.9 Å². The van der Waals surface area contributed by atoms with Gasteiger partial charge < -0.3 is 10.1 Å². The number of nitrogens with zero attached hydrogens (tertiary/aromatic N) is 4. The van der Waals surface area contributed by atoms with E-state index in [0.717, 1.165) is 29.0 Å². The second-order valence-corrected chi connectivity index (χ2v) is 7.72. The number of ether oxygens (including phenoxy) is 1. The molecule has 6 heteroatoms. The summed E-state index contributed by atoms with van der Waals surface area (Å²) < 4.78 is 8.02. The average Bonchev–Trinajstić information content (AvgIpc) is 3.07. The van der Waals surface area contributed by atoms with Crippen LogP contribution >= 0.6 is 0 Å². The SMILES string of the molecule is CC1(C)CC(Nc2ncnc3c2cnn3-c2ccccc2)C(C)(C)O1. The van der Waals surface area contributed by atoms with Crippen molar-refractivity contribution >= 4 is 16.9 Å². The summed E-state index contributed by atoms with van der Waals surface area (Å²) in [6.07, 6.45) is 4.32. The Bertz CT molecular complexity index is 901. The molecule has 0 radical (unpaired) electrons. The molecular weight excluding hydrogens is 314 g/mol. The molecule has 1 aliphatic heterocycles. The Balaban J connectivity index is 1.71. The monoisotopic (exact) mass is 337 g/mol. The smallest absolute Gasteiger partial charge is 0.168 e. The van der Waals surface area contributed by atoms with E-state index in [1.807, 2.05) is 41.2 Å². The number of anilines is 1. The van der Waals surface area contributed by atoms with Crippen LogP contribution in [0.3, 0.4) is 0 Å². The highest BCUT2D eigenvalue weighted by molar-refractivity contribution is 5.87. The lowest BCUT2D eigenvalue weighted by Crippen LogP contribution is -2.38. The van der Waals surface area contributed by atoms with Gasteiger partial charge in [-0.15, -0.1) is 0 Å². The summed E-state index contributed by atoms with van der Waals surface area (Å²) in [5.74, 6) is 0.798. The number of rotatable bonds is 3. The molecule has 0 saturated carbocycles. The first-order valence-corrected chi connectivity index (χ1v) is 8.57. The molecule has 4 rings (SSSR count). The zero-order valence-corrected chi connectivity index (χ0v) is 15.0. The van der Waals surface area contributed by atoms with Crippen LogP contribution in [0.4, 0.5) is 5.82 Å². The third kappa shape index (κ3) is 2.87. The van der Waals surface area contributed by atoms with Gasteiger partial charge in [0.2, 0.25) is 0 Å². The van der Waals surface area contributed by atoms with Crippen molar-refractivity contribution in [1.82, 2.24) is 19.7 Å². The van der Waals surface area contributed by atoms with Crippen molar-refractivity contribution in [3.63, 3.8) is 0 Å². The molecule has 1 N–H and O–H groups in total. The highest BCUT2D eigenvalue weighted by Crippen LogP contribution is 2.39. The quantitative estimate of drug-likeness (QED) is 0.791. The Kier molecular flexibility index (Phi) is 3.54. The second kappa shape index (κ2) is 5.52. The van der Waals surface area contributed by atoms with Crippen molar-refractivity contribution in [2.45, 2.75) is 51.4 Å². The van der Waals surface area contributed by atoms with Gasteiger partial charge in [0.25, 0.3) is 0 Å². The fraction of sp³-hybridized carbons (Fsp3) is 0.421. The number of nitrogens with one attached hydrogen (secondary N) is 1. The fourth-order valence-corrected chi connectivity index (χ4v) is 3.67. The molecule has 0 aliphatic carbocycles. The standard InChI is InChI=1S/C19H23N5O/c1-18(2)10-15(19(3,4)25-18)23-16-14-11-22-24(17(14)21-12-20-16)13-8-6-5-7-9-13/h5-9,11-12,15H,10H2,1-4H3,(H,20,21,23). The minimum atomic E-state index is -0.268.